The summed E-state index contributed by atoms with van der Waals surface area (Å²) in [5.41, 5.74) is 2.58. The van der Waals surface area contributed by atoms with Crippen LogP contribution >= 0.6 is 0 Å². The molecule has 2 radical (unpaired) electrons. The molecule has 0 bridgehead atoms. The van der Waals surface area contributed by atoms with Crippen LogP contribution in [-0.4, -0.2) is 0 Å². The number of benzene rings is 1. The highest BCUT2D eigenvalue weighted by Gasteiger charge is 1.96. The van der Waals surface area contributed by atoms with Gasteiger partial charge in [-0.2, -0.15) is 0 Å². The molecule has 58 valence electrons. The Labute approximate surface area is 69.3 Å². The summed E-state index contributed by atoms with van der Waals surface area (Å²) in [6.07, 6.45) is 0.637. The number of hydrogen-bond acceptors (Lipinski definition) is 0. The minimum absolute atomic E-state index is 0.613. The minimum Gasteiger partial charge on any atom is -0.0587 e. The van der Waals surface area contributed by atoms with Crippen LogP contribution in [0.1, 0.15) is 30.9 Å². The van der Waals surface area contributed by atoms with Gasteiger partial charge in [0.05, 0.1) is 0 Å². The van der Waals surface area contributed by atoms with Gasteiger partial charge in [-0.1, -0.05) is 38.1 Å². The first kappa shape index (κ1) is 8.32. The molecule has 0 heterocycles. The molecular formula is C11H14. The average Bonchev–Trinajstić information content (AvgIpc) is 2.05. The van der Waals surface area contributed by atoms with Crippen molar-refractivity contribution in [2.75, 3.05) is 0 Å². The van der Waals surface area contributed by atoms with Crippen LogP contribution in [0.4, 0.5) is 0 Å². The zero-order valence-corrected chi connectivity index (χ0v) is 7.17. The molecule has 0 N–H and O–H groups in total. The van der Waals surface area contributed by atoms with Crippen molar-refractivity contribution in [3.8, 4) is 0 Å². The molecule has 0 aliphatic heterocycles. The summed E-state index contributed by atoms with van der Waals surface area (Å²) in [5, 5.41) is 0. The van der Waals surface area contributed by atoms with Crippen LogP contribution < -0.4 is 0 Å². The zero-order valence-electron chi connectivity index (χ0n) is 7.17. The molecule has 0 spiro atoms. The molecule has 0 aliphatic rings. The predicted molar refractivity (Wildman–Crippen MR) is 48.5 cm³/mol. The first-order chi connectivity index (χ1) is 5.24. The molecule has 11 heavy (non-hydrogen) atoms. The van der Waals surface area contributed by atoms with E-state index in [0.717, 1.165) is 0 Å². The van der Waals surface area contributed by atoms with Gasteiger partial charge in [0.1, 0.15) is 0 Å². The van der Waals surface area contributed by atoms with E-state index < -0.39 is 0 Å². The molecule has 1 rings (SSSR count). The number of hydrogen-bond donors (Lipinski definition) is 0. The van der Waals surface area contributed by atoms with Crippen molar-refractivity contribution in [2.45, 2.75) is 26.2 Å². The van der Waals surface area contributed by atoms with Crippen LogP contribution in [-0.2, 0) is 6.42 Å². The summed E-state index contributed by atoms with van der Waals surface area (Å²) in [7, 11) is 0. The van der Waals surface area contributed by atoms with Crippen LogP contribution in [0.15, 0.2) is 24.3 Å². The van der Waals surface area contributed by atoms with Crippen LogP contribution in [0, 0.1) is 6.92 Å². The van der Waals surface area contributed by atoms with E-state index in [9.17, 15) is 0 Å². The molecule has 1 aromatic carbocycles. The molecule has 0 nitrogen and oxygen atoms in total. The second-order valence-electron chi connectivity index (χ2n) is 3.10. The first-order valence-electron chi connectivity index (χ1n) is 4.03. The van der Waals surface area contributed by atoms with E-state index in [1.165, 1.54) is 11.1 Å². The van der Waals surface area contributed by atoms with Crippen molar-refractivity contribution < 1.29 is 0 Å². The fourth-order valence-corrected chi connectivity index (χ4v) is 1.04. The van der Waals surface area contributed by atoms with Crippen LogP contribution in [0.3, 0.4) is 0 Å². The van der Waals surface area contributed by atoms with Crippen LogP contribution in [0.2, 0.25) is 0 Å². The first-order valence-corrected chi connectivity index (χ1v) is 4.03. The van der Waals surface area contributed by atoms with Gasteiger partial charge in [0.25, 0.3) is 0 Å². The maximum absolute atomic E-state index is 5.48. The normalized spacial score (nSPS) is 10.5. The Bertz CT molecular complexity index is 206. The molecule has 1 aromatic rings. The lowest BCUT2D eigenvalue weighted by Crippen LogP contribution is -1.87. The topological polar surface area (TPSA) is 0 Å². The highest BCUT2D eigenvalue weighted by atomic mass is 14.0. The maximum atomic E-state index is 5.48. The maximum Gasteiger partial charge on any atom is -0.0219 e. The van der Waals surface area contributed by atoms with Crippen LogP contribution in [0.5, 0.6) is 0 Å². The molecule has 0 fully saturated rings. The molecule has 0 heteroatoms. The van der Waals surface area contributed by atoms with Crippen molar-refractivity contribution in [2.24, 2.45) is 0 Å². The van der Waals surface area contributed by atoms with E-state index in [1.807, 2.05) is 0 Å². The second-order valence-corrected chi connectivity index (χ2v) is 3.10. The summed E-state index contributed by atoms with van der Waals surface area (Å²) in [4.78, 5) is 0. The van der Waals surface area contributed by atoms with Gasteiger partial charge >= 0.3 is 0 Å². The van der Waals surface area contributed by atoms with Gasteiger partial charge in [-0.15, -0.1) is 0 Å². The predicted octanol–water partition coefficient (Wildman–Crippen LogP) is 3.06. The van der Waals surface area contributed by atoms with Crippen molar-refractivity contribution in [3.05, 3.63) is 42.3 Å². The van der Waals surface area contributed by atoms with E-state index in [2.05, 4.69) is 38.1 Å². The number of rotatable bonds is 2. The Morgan fingerprint density at radius 1 is 1.18 bits per heavy atom. The lowest BCUT2D eigenvalue weighted by atomic mass is 10.0. The fourth-order valence-electron chi connectivity index (χ4n) is 1.04. The SMILES string of the molecule is [CH]Cc1ccc(C(C)C)cc1. The summed E-state index contributed by atoms with van der Waals surface area (Å²) in [6, 6.07) is 8.48. The van der Waals surface area contributed by atoms with Crippen molar-refractivity contribution >= 4 is 0 Å². The van der Waals surface area contributed by atoms with Crippen molar-refractivity contribution in [1.29, 1.82) is 0 Å². The Morgan fingerprint density at radius 3 is 2.09 bits per heavy atom. The lowest BCUT2D eigenvalue weighted by molar-refractivity contribution is 0.865. The Morgan fingerprint density at radius 2 is 1.73 bits per heavy atom. The molecule has 0 atom stereocenters. The van der Waals surface area contributed by atoms with Gasteiger partial charge in [0.2, 0.25) is 0 Å². The third-order valence-corrected chi connectivity index (χ3v) is 1.88. The van der Waals surface area contributed by atoms with Gasteiger partial charge in [-0.3, -0.25) is 0 Å². The standard InChI is InChI=1S/C11H14/c1-4-10-5-7-11(8-6-10)9(2)3/h1,5-9H,4H2,2-3H3. The van der Waals surface area contributed by atoms with Crippen LogP contribution in [0.25, 0.3) is 0 Å². The van der Waals surface area contributed by atoms with E-state index in [1.54, 1.807) is 0 Å². The van der Waals surface area contributed by atoms with E-state index in [-0.39, 0.29) is 0 Å². The Hall–Kier alpha value is -0.780. The molecule has 0 amide bonds. The zero-order chi connectivity index (χ0) is 8.27. The smallest absolute Gasteiger partial charge is 0.0219 e. The van der Waals surface area contributed by atoms with Gasteiger partial charge in [0, 0.05) is 0 Å². The third-order valence-electron chi connectivity index (χ3n) is 1.88. The Balaban J connectivity index is 2.83. The molecule has 0 saturated heterocycles. The summed E-state index contributed by atoms with van der Waals surface area (Å²) in [5.74, 6) is 0.613. The molecular weight excluding hydrogens is 132 g/mol. The lowest BCUT2D eigenvalue weighted by Gasteiger charge is -2.04. The van der Waals surface area contributed by atoms with Gasteiger partial charge in [-0.05, 0) is 30.4 Å². The molecule has 0 saturated carbocycles. The van der Waals surface area contributed by atoms with Crippen molar-refractivity contribution in [1.82, 2.24) is 0 Å². The third kappa shape index (κ3) is 2.07. The van der Waals surface area contributed by atoms with Gasteiger partial charge < -0.3 is 0 Å². The molecule has 0 unspecified atom stereocenters. The summed E-state index contributed by atoms with van der Waals surface area (Å²) >= 11 is 0. The van der Waals surface area contributed by atoms with Gasteiger partial charge in [-0.25, -0.2) is 0 Å². The highest BCUT2D eigenvalue weighted by molar-refractivity contribution is 5.24. The molecule has 0 aliphatic carbocycles. The fraction of sp³-hybridized carbons (Fsp3) is 0.364. The monoisotopic (exact) mass is 146 g/mol. The second kappa shape index (κ2) is 3.56. The minimum atomic E-state index is 0.613. The van der Waals surface area contributed by atoms with Gasteiger partial charge in [0.15, 0.2) is 0 Å². The largest absolute Gasteiger partial charge is 0.0587 e. The van der Waals surface area contributed by atoms with E-state index >= 15 is 0 Å². The van der Waals surface area contributed by atoms with E-state index in [4.69, 9.17) is 6.92 Å². The molecule has 0 aromatic heterocycles. The average molecular weight is 146 g/mol. The quantitative estimate of drug-likeness (QED) is 0.601. The Kier molecular flexibility index (Phi) is 2.70. The summed E-state index contributed by atoms with van der Waals surface area (Å²) in [6.45, 7) is 9.86. The van der Waals surface area contributed by atoms with Crippen molar-refractivity contribution in [3.63, 3.8) is 0 Å². The van der Waals surface area contributed by atoms with E-state index in [0.29, 0.717) is 12.3 Å². The highest BCUT2D eigenvalue weighted by Crippen LogP contribution is 2.14. The summed E-state index contributed by atoms with van der Waals surface area (Å²) < 4.78 is 0.